The third kappa shape index (κ3) is 3.81. The molecule has 4 heteroatoms. The van der Waals surface area contributed by atoms with Gasteiger partial charge >= 0.3 is 0 Å². The molecule has 2 bridgehead atoms. The fraction of sp³-hybridized carbons (Fsp3) is 0.923. The fourth-order valence-electron chi connectivity index (χ4n) is 3.24. The smallest absolute Gasteiger partial charge is 0.166 e. The van der Waals surface area contributed by atoms with Crippen LogP contribution < -0.4 is 10.6 Å². The number of hydrogen-bond acceptors (Lipinski definition) is 2. The molecule has 0 aromatic rings. The van der Waals surface area contributed by atoms with Crippen molar-refractivity contribution >= 4 is 17.3 Å². The van der Waals surface area contributed by atoms with E-state index in [2.05, 4.69) is 29.6 Å². The van der Waals surface area contributed by atoms with Gasteiger partial charge < -0.3 is 15.5 Å². The summed E-state index contributed by atoms with van der Waals surface area (Å²) in [4.78, 5) is 2.20. The van der Waals surface area contributed by atoms with E-state index in [-0.39, 0.29) is 0 Å². The monoisotopic (exact) mass is 255 g/mol. The van der Waals surface area contributed by atoms with Crippen LogP contribution in [0.4, 0.5) is 0 Å². The molecule has 98 valence electrons. The highest BCUT2D eigenvalue weighted by Gasteiger charge is 2.39. The normalized spacial score (nSPS) is 30.9. The van der Waals surface area contributed by atoms with Gasteiger partial charge in [0, 0.05) is 12.6 Å². The van der Waals surface area contributed by atoms with Crippen LogP contribution >= 0.6 is 12.2 Å². The Morgan fingerprint density at radius 2 is 2.12 bits per heavy atom. The first-order chi connectivity index (χ1) is 8.15. The summed E-state index contributed by atoms with van der Waals surface area (Å²) in [5.41, 5.74) is 0. The van der Waals surface area contributed by atoms with Crippen LogP contribution in [0.3, 0.4) is 0 Å². The maximum absolute atomic E-state index is 5.35. The SMILES string of the molecule is CN(C)CCCNC(=S)NC1CC2CCC1C2. The Morgan fingerprint density at radius 3 is 2.71 bits per heavy atom. The molecule has 0 heterocycles. The van der Waals surface area contributed by atoms with Crippen LogP contribution in [0.15, 0.2) is 0 Å². The highest BCUT2D eigenvalue weighted by molar-refractivity contribution is 7.80. The summed E-state index contributed by atoms with van der Waals surface area (Å²) in [5.74, 6) is 1.87. The third-order valence-electron chi connectivity index (χ3n) is 4.12. The first-order valence-corrected chi connectivity index (χ1v) is 7.25. The molecule has 2 N–H and O–H groups in total. The van der Waals surface area contributed by atoms with Gasteiger partial charge in [0.25, 0.3) is 0 Å². The summed E-state index contributed by atoms with van der Waals surface area (Å²) in [6, 6.07) is 0.655. The van der Waals surface area contributed by atoms with Gasteiger partial charge in [0.2, 0.25) is 0 Å². The van der Waals surface area contributed by atoms with Gasteiger partial charge in [0.15, 0.2) is 5.11 Å². The van der Waals surface area contributed by atoms with E-state index in [1.807, 2.05) is 0 Å². The second kappa shape index (κ2) is 6.01. The van der Waals surface area contributed by atoms with Gasteiger partial charge in [-0.3, -0.25) is 0 Å². The summed E-state index contributed by atoms with van der Waals surface area (Å²) < 4.78 is 0. The molecule has 3 unspecified atom stereocenters. The molecule has 17 heavy (non-hydrogen) atoms. The first-order valence-electron chi connectivity index (χ1n) is 6.84. The Hall–Kier alpha value is -0.350. The van der Waals surface area contributed by atoms with Crippen LogP contribution in [0, 0.1) is 11.8 Å². The van der Waals surface area contributed by atoms with Gasteiger partial charge in [-0.1, -0.05) is 6.42 Å². The van der Waals surface area contributed by atoms with E-state index in [0.717, 1.165) is 36.5 Å². The highest BCUT2D eigenvalue weighted by Crippen LogP contribution is 2.44. The summed E-state index contributed by atoms with van der Waals surface area (Å²) >= 11 is 5.35. The predicted molar refractivity (Wildman–Crippen MR) is 76.1 cm³/mol. The zero-order valence-corrected chi connectivity index (χ0v) is 11.9. The minimum absolute atomic E-state index is 0.655. The van der Waals surface area contributed by atoms with E-state index in [9.17, 15) is 0 Å². The Balaban J connectivity index is 1.58. The molecule has 0 amide bonds. The lowest BCUT2D eigenvalue weighted by Gasteiger charge is -2.24. The lowest BCUT2D eigenvalue weighted by Crippen LogP contribution is -2.44. The van der Waals surface area contributed by atoms with E-state index >= 15 is 0 Å². The number of nitrogens with one attached hydrogen (secondary N) is 2. The zero-order valence-electron chi connectivity index (χ0n) is 11.0. The molecular weight excluding hydrogens is 230 g/mol. The number of rotatable bonds is 5. The zero-order chi connectivity index (χ0) is 12.3. The van der Waals surface area contributed by atoms with Crippen LogP contribution in [0.2, 0.25) is 0 Å². The quantitative estimate of drug-likeness (QED) is 0.576. The first kappa shape index (κ1) is 13.1. The van der Waals surface area contributed by atoms with Gasteiger partial charge in [-0.05, 0) is 70.4 Å². The van der Waals surface area contributed by atoms with Crippen molar-refractivity contribution < 1.29 is 0 Å². The van der Waals surface area contributed by atoms with Gasteiger partial charge in [0.05, 0.1) is 0 Å². The van der Waals surface area contributed by atoms with Crippen LogP contribution in [0.1, 0.15) is 32.1 Å². The number of hydrogen-bond donors (Lipinski definition) is 2. The van der Waals surface area contributed by atoms with Crippen LogP contribution in [-0.4, -0.2) is 43.2 Å². The number of nitrogens with zero attached hydrogens (tertiary/aromatic N) is 1. The van der Waals surface area contributed by atoms with Crippen molar-refractivity contribution in [3.8, 4) is 0 Å². The molecule has 0 aromatic heterocycles. The molecule has 2 aliphatic carbocycles. The Bertz CT molecular complexity index is 267. The Labute approximate surface area is 110 Å². The molecule has 2 aliphatic rings. The van der Waals surface area contributed by atoms with Crippen LogP contribution in [-0.2, 0) is 0 Å². The maximum atomic E-state index is 5.35. The van der Waals surface area contributed by atoms with Crippen molar-refractivity contribution in [3.05, 3.63) is 0 Å². The van der Waals surface area contributed by atoms with Crippen molar-refractivity contribution in [2.45, 2.75) is 38.1 Å². The highest BCUT2D eigenvalue weighted by atomic mass is 32.1. The summed E-state index contributed by atoms with van der Waals surface area (Å²) in [6.45, 7) is 2.09. The maximum Gasteiger partial charge on any atom is 0.166 e. The van der Waals surface area contributed by atoms with E-state index in [0.29, 0.717) is 6.04 Å². The van der Waals surface area contributed by atoms with Crippen molar-refractivity contribution in [1.82, 2.24) is 15.5 Å². The largest absolute Gasteiger partial charge is 0.363 e. The van der Waals surface area contributed by atoms with Gasteiger partial charge in [-0.25, -0.2) is 0 Å². The Kier molecular flexibility index (Phi) is 4.62. The molecule has 0 saturated heterocycles. The minimum atomic E-state index is 0.655. The molecule has 0 spiro atoms. The number of thiocarbonyl (C=S) groups is 1. The molecule has 2 rings (SSSR count). The minimum Gasteiger partial charge on any atom is -0.363 e. The molecular formula is C13H25N3S. The Morgan fingerprint density at radius 1 is 1.29 bits per heavy atom. The third-order valence-corrected chi connectivity index (χ3v) is 4.38. The molecule has 3 nitrogen and oxygen atoms in total. The lowest BCUT2D eigenvalue weighted by atomic mass is 9.96. The van der Waals surface area contributed by atoms with Gasteiger partial charge in [-0.15, -0.1) is 0 Å². The topological polar surface area (TPSA) is 27.3 Å². The summed E-state index contributed by atoms with van der Waals surface area (Å²) in [6.07, 6.45) is 6.77. The molecule has 0 aliphatic heterocycles. The second-order valence-corrected chi connectivity index (χ2v) is 6.25. The molecule has 2 fully saturated rings. The standard InChI is InChI=1S/C13H25N3S/c1-16(2)7-3-6-14-13(17)15-12-9-10-4-5-11(12)8-10/h10-12H,3-9H2,1-2H3,(H2,14,15,17). The van der Waals surface area contributed by atoms with Crippen LogP contribution in [0.5, 0.6) is 0 Å². The van der Waals surface area contributed by atoms with Crippen molar-refractivity contribution in [2.75, 3.05) is 27.2 Å². The van der Waals surface area contributed by atoms with Crippen molar-refractivity contribution in [1.29, 1.82) is 0 Å². The van der Waals surface area contributed by atoms with Crippen LogP contribution in [0.25, 0.3) is 0 Å². The van der Waals surface area contributed by atoms with E-state index in [1.165, 1.54) is 25.7 Å². The second-order valence-electron chi connectivity index (χ2n) is 5.84. The van der Waals surface area contributed by atoms with Gasteiger partial charge in [0.1, 0.15) is 0 Å². The molecule has 3 atom stereocenters. The van der Waals surface area contributed by atoms with Crippen molar-refractivity contribution in [2.24, 2.45) is 11.8 Å². The molecule has 0 radical (unpaired) electrons. The summed E-state index contributed by atoms with van der Waals surface area (Å²) in [7, 11) is 4.21. The fourth-order valence-corrected chi connectivity index (χ4v) is 3.49. The molecule has 2 saturated carbocycles. The average molecular weight is 255 g/mol. The van der Waals surface area contributed by atoms with E-state index < -0.39 is 0 Å². The average Bonchev–Trinajstić information content (AvgIpc) is 2.86. The lowest BCUT2D eigenvalue weighted by molar-refractivity contribution is 0.386. The van der Waals surface area contributed by atoms with E-state index in [4.69, 9.17) is 12.2 Å². The predicted octanol–water partition coefficient (Wildman–Crippen LogP) is 1.59. The van der Waals surface area contributed by atoms with E-state index in [1.54, 1.807) is 0 Å². The summed E-state index contributed by atoms with van der Waals surface area (Å²) in [5, 5.41) is 7.69. The van der Waals surface area contributed by atoms with Crippen molar-refractivity contribution in [3.63, 3.8) is 0 Å². The van der Waals surface area contributed by atoms with Gasteiger partial charge in [-0.2, -0.15) is 0 Å². The number of fused-ring (bicyclic) bond motifs is 2. The molecule has 0 aromatic carbocycles.